The maximum Gasteiger partial charge on any atom is 0.434 e. The first-order chi connectivity index (χ1) is 16.7. The van der Waals surface area contributed by atoms with E-state index in [9.17, 15) is 22.5 Å². The first-order valence-electron chi connectivity index (χ1n) is 10.4. The lowest BCUT2D eigenvalue weighted by atomic mass is 10.1. The molecule has 35 heavy (non-hydrogen) atoms. The number of aromatic nitrogens is 4. The molecule has 0 bridgehead atoms. The maximum absolute atomic E-state index is 14.1. The summed E-state index contributed by atoms with van der Waals surface area (Å²) in [6, 6.07) is 8.15. The van der Waals surface area contributed by atoms with Crippen molar-refractivity contribution in [2.75, 3.05) is 21.9 Å². The molecule has 1 aromatic carbocycles. The minimum absolute atomic E-state index is 0.0847. The van der Waals surface area contributed by atoms with Gasteiger partial charge in [0, 0.05) is 23.4 Å². The van der Waals surface area contributed by atoms with Gasteiger partial charge >= 0.3 is 6.18 Å². The predicted octanol–water partition coefficient (Wildman–Crippen LogP) is 4.61. The van der Waals surface area contributed by atoms with Gasteiger partial charge in [0.2, 0.25) is 0 Å². The molecule has 13 heteroatoms. The number of alkyl halides is 3. The largest absolute Gasteiger partial charge is 0.593 e. The van der Waals surface area contributed by atoms with Crippen molar-refractivity contribution >= 4 is 51.1 Å². The first-order valence-corrected chi connectivity index (χ1v) is 12.0. The number of fused-ring (bicyclic) bond motifs is 1. The summed E-state index contributed by atoms with van der Waals surface area (Å²) in [6.07, 6.45) is 0.731. The Morgan fingerprint density at radius 3 is 2.69 bits per heavy atom. The predicted molar refractivity (Wildman–Crippen MR) is 126 cm³/mol. The Hall–Kier alpha value is -3.35. The van der Waals surface area contributed by atoms with Gasteiger partial charge in [-0.1, -0.05) is 35.9 Å². The third-order valence-corrected chi connectivity index (χ3v) is 7.16. The Bertz CT molecular complexity index is 1420. The van der Waals surface area contributed by atoms with Crippen LogP contribution in [0.1, 0.15) is 22.5 Å². The normalized spacial score (nSPS) is 16.1. The summed E-state index contributed by atoms with van der Waals surface area (Å²) in [5.41, 5.74) is -1.74. The van der Waals surface area contributed by atoms with Crippen molar-refractivity contribution in [2.24, 2.45) is 0 Å². The van der Waals surface area contributed by atoms with Gasteiger partial charge in [-0.25, -0.2) is 9.67 Å². The third kappa shape index (κ3) is 4.40. The standard InChI is InChI=1S/C22H16ClF3N6O2S/c23-17-8-14(10-28-20(17)31-6-3-7-35(31)34)30-21(33)16-11-29-32(19(16)22(24,25)26)18-12-27-9-13-4-1-2-5-15(13)18/h1-2,4-5,8-12H,3,6-7H2,(H,30,33). The van der Waals surface area contributed by atoms with E-state index >= 15 is 0 Å². The van der Waals surface area contributed by atoms with Gasteiger partial charge < -0.3 is 9.87 Å². The molecule has 4 aromatic rings. The molecule has 8 nitrogen and oxygen atoms in total. The van der Waals surface area contributed by atoms with Crippen LogP contribution in [-0.4, -0.2) is 42.5 Å². The number of benzene rings is 1. The Morgan fingerprint density at radius 2 is 1.97 bits per heavy atom. The molecule has 1 aliphatic heterocycles. The lowest BCUT2D eigenvalue weighted by molar-refractivity contribution is -0.143. The quantitative estimate of drug-likeness (QED) is 0.394. The second-order valence-corrected chi connectivity index (χ2v) is 9.56. The van der Waals surface area contributed by atoms with Crippen LogP contribution >= 0.6 is 11.6 Å². The lowest BCUT2D eigenvalue weighted by Crippen LogP contribution is -2.26. The number of halogens is 4. The number of hydrogen-bond donors (Lipinski definition) is 1. The van der Waals surface area contributed by atoms with E-state index in [-0.39, 0.29) is 22.2 Å². The number of anilines is 2. The molecule has 1 aliphatic rings. The summed E-state index contributed by atoms with van der Waals surface area (Å²) in [7, 11) is 0. The van der Waals surface area contributed by atoms with Crippen molar-refractivity contribution in [1.29, 1.82) is 0 Å². The van der Waals surface area contributed by atoms with Gasteiger partial charge in [0.05, 0.1) is 58.5 Å². The Kier molecular flexibility index (Phi) is 6.03. The molecule has 3 aromatic heterocycles. The highest BCUT2D eigenvalue weighted by Crippen LogP contribution is 2.36. The molecule has 5 rings (SSSR count). The van der Waals surface area contributed by atoms with Crippen LogP contribution in [0.3, 0.4) is 0 Å². The van der Waals surface area contributed by atoms with Gasteiger partial charge in [-0.15, -0.1) is 0 Å². The van der Waals surface area contributed by atoms with Crippen LogP contribution < -0.4 is 9.62 Å². The van der Waals surface area contributed by atoms with Crippen molar-refractivity contribution in [2.45, 2.75) is 12.6 Å². The highest BCUT2D eigenvalue weighted by atomic mass is 35.5. The molecule has 0 aliphatic carbocycles. The van der Waals surface area contributed by atoms with E-state index in [1.807, 2.05) is 0 Å². The van der Waals surface area contributed by atoms with Gasteiger partial charge in [-0.05, 0) is 6.07 Å². The fourth-order valence-electron chi connectivity index (χ4n) is 3.87. The van der Waals surface area contributed by atoms with Crippen molar-refractivity contribution in [1.82, 2.24) is 19.7 Å². The molecule has 0 radical (unpaired) electrons. The number of hydrogen-bond acceptors (Lipinski definition) is 6. The minimum atomic E-state index is -4.89. The van der Waals surface area contributed by atoms with E-state index in [0.29, 0.717) is 27.8 Å². The van der Waals surface area contributed by atoms with Gasteiger partial charge in [0.15, 0.2) is 11.5 Å². The molecule has 1 N–H and O–H groups in total. The van der Waals surface area contributed by atoms with E-state index < -0.39 is 34.7 Å². The van der Waals surface area contributed by atoms with Crippen molar-refractivity contribution in [3.63, 3.8) is 0 Å². The van der Waals surface area contributed by atoms with E-state index in [1.54, 1.807) is 24.3 Å². The zero-order valence-corrected chi connectivity index (χ0v) is 19.4. The van der Waals surface area contributed by atoms with Gasteiger partial charge in [-0.2, -0.15) is 22.6 Å². The van der Waals surface area contributed by atoms with Gasteiger partial charge in [0.25, 0.3) is 5.91 Å². The monoisotopic (exact) mass is 520 g/mol. The van der Waals surface area contributed by atoms with Crippen LogP contribution in [-0.2, 0) is 17.5 Å². The fraction of sp³-hybridized carbons (Fsp3) is 0.182. The molecule has 0 saturated carbocycles. The molecule has 1 unspecified atom stereocenters. The molecule has 4 heterocycles. The average molecular weight is 521 g/mol. The Morgan fingerprint density at radius 1 is 1.17 bits per heavy atom. The number of amides is 1. The summed E-state index contributed by atoms with van der Waals surface area (Å²) in [6.45, 7) is 0.516. The van der Waals surface area contributed by atoms with E-state index in [2.05, 4.69) is 20.4 Å². The highest BCUT2D eigenvalue weighted by molar-refractivity contribution is 7.93. The summed E-state index contributed by atoms with van der Waals surface area (Å²) >= 11 is 5.00. The second kappa shape index (κ2) is 9.02. The summed E-state index contributed by atoms with van der Waals surface area (Å²) < 4.78 is 56.6. The number of pyridine rings is 2. The average Bonchev–Trinajstić information content (AvgIpc) is 3.45. The zero-order chi connectivity index (χ0) is 24.7. The summed E-state index contributed by atoms with van der Waals surface area (Å²) in [4.78, 5) is 21.0. The maximum atomic E-state index is 14.1. The summed E-state index contributed by atoms with van der Waals surface area (Å²) in [5.74, 6) is -0.257. The number of rotatable bonds is 4. The number of nitrogens with zero attached hydrogens (tertiary/aromatic N) is 5. The zero-order valence-electron chi connectivity index (χ0n) is 17.8. The fourth-order valence-corrected chi connectivity index (χ4v) is 5.45. The SMILES string of the molecule is O=C(Nc1cnc(N2CCC[S+]2[O-])c(Cl)c1)c1cnn(-c2cncc3ccccc23)c1C(F)(F)F. The first kappa shape index (κ1) is 23.4. The minimum Gasteiger partial charge on any atom is -0.593 e. The smallest absolute Gasteiger partial charge is 0.434 e. The lowest BCUT2D eigenvalue weighted by Gasteiger charge is -2.19. The van der Waals surface area contributed by atoms with Gasteiger partial charge in [-0.3, -0.25) is 9.78 Å². The topological polar surface area (TPSA) is 99.0 Å². The molecular formula is C22H16ClF3N6O2S. The van der Waals surface area contributed by atoms with Crippen molar-refractivity contribution in [3.8, 4) is 5.69 Å². The molecule has 1 saturated heterocycles. The summed E-state index contributed by atoms with van der Waals surface area (Å²) in [5, 5.41) is 7.50. The number of nitrogens with one attached hydrogen (secondary N) is 1. The number of carbonyl (C=O) groups is 1. The molecule has 0 spiro atoms. The van der Waals surface area contributed by atoms with Crippen LogP contribution in [0.2, 0.25) is 5.02 Å². The number of carbonyl (C=O) groups excluding carboxylic acids is 1. The highest BCUT2D eigenvalue weighted by Gasteiger charge is 2.41. The van der Waals surface area contributed by atoms with E-state index in [4.69, 9.17) is 11.6 Å². The van der Waals surface area contributed by atoms with Crippen LogP contribution in [0, 0.1) is 0 Å². The molecular weight excluding hydrogens is 505 g/mol. The van der Waals surface area contributed by atoms with E-state index in [0.717, 1.165) is 12.6 Å². The second-order valence-electron chi connectivity index (χ2n) is 7.66. The Balaban J connectivity index is 1.49. The van der Waals surface area contributed by atoms with Crippen LogP contribution in [0.25, 0.3) is 16.5 Å². The van der Waals surface area contributed by atoms with Crippen molar-refractivity contribution in [3.05, 3.63) is 71.4 Å². The van der Waals surface area contributed by atoms with Gasteiger partial charge in [0.1, 0.15) is 5.75 Å². The van der Waals surface area contributed by atoms with E-state index in [1.165, 1.54) is 29.0 Å². The molecule has 180 valence electrons. The molecule has 1 amide bonds. The third-order valence-electron chi connectivity index (χ3n) is 5.40. The van der Waals surface area contributed by atoms with Crippen molar-refractivity contribution < 1.29 is 22.5 Å². The Labute approximate surface area is 205 Å². The molecule has 1 atom stereocenters. The van der Waals surface area contributed by atoms with Crippen LogP contribution in [0.5, 0.6) is 0 Å². The van der Waals surface area contributed by atoms with Crippen LogP contribution in [0.15, 0.2) is 55.1 Å². The van der Waals surface area contributed by atoms with Crippen LogP contribution in [0.4, 0.5) is 24.7 Å². The molecule has 1 fully saturated rings.